The number of carbonyl (C=O) groups excluding carboxylic acids is 2. The summed E-state index contributed by atoms with van der Waals surface area (Å²) >= 11 is 0. The molecule has 26 heavy (non-hydrogen) atoms. The van der Waals surface area contributed by atoms with Crippen LogP contribution in [0.3, 0.4) is 0 Å². The molecular weight excluding hydrogens is 328 g/mol. The molecule has 5 rings (SSSR count). The van der Waals surface area contributed by atoms with Gasteiger partial charge in [-0.15, -0.1) is 0 Å². The zero-order valence-electron chi connectivity index (χ0n) is 14.9. The van der Waals surface area contributed by atoms with Crippen molar-refractivity contribution in [1.82, 2.24) is 5.32 Å². The number of hydrogen-bond donors (Lipinski definition) is 1. The second kappa shape index (κ2) is 6.75. The third-order valence-corrected chi connectivity index (χ3v) is 6.39. The number of nitrogens with one attached hydrogen (secondary N) is 1. The lowest BCUT2D eigenvalue weighted by atomic mass is 9.49. The van der Waals surface area contributed by atoms with Gasteiger partial charge in [0.1, 0.15) is 0 Å². The molecule has 1 N–H and O–H groups in total. The minimum absolute atomic E-state index is 0.245. The summed E-state index contributed by atoms with van der Waals surface area (Å²) in [7, 11) is 0. The van der Waals surface area contributed by atoms with E-state index in [0.29, 0.717) is 12.1 Å². The molecule has 0 atom stereocenters. The maximum Gasteiger partial charge on any atom is 0.338 e. The minimum Gasteiger partial charge on any atom is -0.452 e. The fourth-order valence-corrected chi connectivity index (χ4v) is 5.77. The maximum atomic E-state index is 12.2. The molecule has 0 unspecified atom stereocenters. The summed E-state index contributed by atoms with van der Waals surface area (Å²) < 4.78 is 5.10. The topological polar surface area (TPSA) is 79.2 Å². The van der Waals surface area contributed by atoms with Crippen LogP contribution in [0.2, 0.25) is 0 Å². The van der Waals surface area contributed by atoms with Crippen LogP contribution in [0.15, 0.2) is 24.3 Å². The highest BCUT2D eigenvalue weighted by atomic mass is 16.5. The van der Waals surface area contributed by atoms with Gasteiger partial charge in [-0.1, -0.05) is 6.07 Å². The van der Waals surface area contributed by atoms with Crippen LogP contribution >= 0.6 is 0 Å². The molecule has 0 radical (unpaired) electrons. The number of nitriles is 1. The molecule has 4 saturated carbocycles. The van der Waals surface area contributed by atoms with Crippen molar-refractivity contribution in [2.75, 3.05) is 13.2 Å². The van der Waals surface area contributed by atoms with Crippen LogP contribution in [0.4, 0.5) is 0 Å². The lowest BCUT2D eigenvalue weighted by molar-refractivity contribution is -0.126. The van der Waals surface area contributed by atoms with Gasteiger partial charge in [0.2, 0.25) is 0 Å². The van der Waals surface area contributed by atoms with E-state index in [1.54, 1.807) is 18.2 Å². The van der Waals surface area contributed by atoms with Crippen LogP contribution in [-0.4, -0.2) is 25.0 Å². The number of hydrogen-bond acceptors (Lipinski definition) is 4. The average molecular weight is 352 g/mol. The Labute approximate surface area is 153 Å². The first-order chi connectivity index (χ1) is 12.5. The second-order valence-corrected chi connectivity index (χ2v) is 8.46. The van der Waals surface area contributed by atoms with Gasteiger partial charge in [-0.3, -0.25) is 4.79 Å². The number of esters is 1. The van der Waals surface area contributed by atoms with Gasteiger partial charge in [0.05, 0.1) is 17.2 Å². The van der Waals surface area contributed by atoms with Crippen molar-refractivity contribution < 1.29 is 14.3 Å². The first-order valence-corrected chi connectivity index (χ1v) is 9.49. The maximum absolute atomic E-state index is 12.2. The summed E-state index contributed by atoms with van der Waals surface area (Å²) in [4.78, 5) is 24.2. The van der Waals surface area contributed by atoms with Gasteiger partial charge in [0.25, 0.3) is 5.91 Å². The van der Waals surface area contributed by atoms with Crippen molar-refractivity contribution in [1.29, 1.82) is 5.26 Å². The van der Waals surface area contributed by atoms with Crippen molar-refractivity contribution in [3.63, 3.8) is 0 Å². The Morgan fingerprint density at radius 3 is 2.42 bits per heavy atom. The van der Waals surface area contributed by atoms with Crippen molar-refractivity contribution in [2.24, 2.45) is 23.2 Å². The highest BCUT2D eigenvalue weighted by molar-refractivity contribution is 5.91. The molecule has 4 fully saturated rings. The van der Waals surface area contributed by atoms with E-state index in [1.165, 1.54) is 44.6 Å². The Kier molecular flexibility index (Phi) is 4.44. The van der Waals surface area contributed by atoms with E-state index in [0.717, 1.165) is 17.8 Å². The fourth-order valence-electron chi connectivity index (χ4n) is 5.77. The highest BCUT2D eigenvalue weighted by Gasteiger charge is 2.50. The van der Waals surface area contributed by atoms with Crippen LogP contribution in [0, 0.1) is 34.5 Å². The molecule has 4 aliphatic rings. The molecule has 0 aromatic heterocycles. The highest BCUT2D eigenvalue weighted by Crippen LogP contribution is 2.59. The van der Waals surface area contributed by atoms with Crippen molar-refractivity contribution in [2.45, 2.75) is 38.5 Å². The number of nitrogens with zero attached hydrogens (tertiary/aromatic N) is 1. The Morgan fingerprint density at radius 1 is 1.15 bits per heavy atom. The molecule has 4 aliphatic carbocycles. The van der Waals surface area contributed by atoms with Gasteiger partial charge in [0, 0.05) is 6.54 Å². The van der Waals surface area contributed by atoms with Crippen LogP contribution in [0.25, 0.3) is 0 Å². The molecule has 0 spiro atoms. The molecule has 1 amide bonds. The summed E-state index contributed by atoms with van der Waals surface area (Å²) in [5.74, 6) is 1.73. The van der Waals surface area contributed by atoms with Crippen LogP contribution in [0.5, 0.6) is 0 Å². The Morgan fingerprint density at radius 2 is 1.81 bits per heavy atom. The number of benzene rings is 1. The first kappa shape index (κ1) is 17.1. The van der Waals surface area contributed by atoms with E-state index in [2.05, 4.69) is 5.32 Å². The predicted molar refractivity (Wildman–Crippen MR) is 95.1 cm³/mol. The van der Waals surface area contributed by atoms with Crippen molar-refractivity contribution >= 4 is 11.9 Å². The molecule has 0 heterocycles. The molecule has 5 heteroatoms. The Balaban J connectivity index is 1.27. The van der Waals surface area contributed by atoms with Crippen LogP contribution < -0.4 is 5.32 Å². The molecule has 0 aliphatic heterocycles. The summed E-state index contributed by atoms with van der Waals surface area (Å²) in [5.41, 5.74) is 0.957. The third kappa shape index (κ3) is 3.46. The average Bonchev–Trinajstić information content (AvgIpc) is 2.63. The fraction of sp³-hybridized carbons (Fsp3) is 0.571. The Bertz CT molecular complexity index is 729. The first-order valence-electron chi connectivity index (χ1n) is 9.49. The SMILES string of the molecule is N#Cc1cccc(C(=O)OCC(=O)NCC23CC4CC(CC(C4)C2)C3)c1. The monoisotopic (exact) mass is 352 g/mol. The van der Waals surface area contributed by atoms with Crippen molar-refractivity contribution in [3.8, 4) is 6.07 Å². The molecule has 136 valence electrons. The van der Waals surface area contributed by atoms with E-state index in [9.17, 15) is 9.59 Å². The number of carbonyl (C=O) groups is 2. The summed E-state index contributed by atoms with van der Waals surface area (Å²) in [6.07, 6.45) is 7.85. The van der Waals surface area contributed by atoms with Gasteiger partial charge in [0.15, 0.2) is 6.61 Å². The van der Waals surface area contributed by atoms with Crippen molar-refractivity contribution in [3.05, 3.63) is 35.4 Å². The predicted octanol–water partition coefficient (Wildman–Crippen LogP) is 3.05. The Hall–Kier alpha value is -2.35. The van der Waals surface area contributed by atoms with E-state index in [-0.39, 0.29) is 23.5 Å². The lowest BCUT2D eigenvalue weighted by Crippen LogP contribution is -2.51. The minimum atomic E-state index is -0.577. The van der Waals surface area contributed by atoms with Gasteiger partial charge < -0.3 is 10.1 Å². The van der Waals surface area contributed by atoms with Gasteiger partial charge in [-0.2, -0.15) is 5.26 Å². The zero-order chi connectivity index (χ0) is 18.1. The number of rotatable bonds is 5. The van der Waals surface area contributed by atoms with E-state index in [4.69, 9.17) is 10.00 Å². The third-order valence-electron chi connectivity index (χ3n) is 6.39. The van der Waals surface area contributed by atoms with Gasteiger partial charge >= 0.3 is 5.97 Å². The van der Waals surface area contributed by atoms with Gasteiger partial charge in [-0.25, -0.2) is 4.79 Å². The summed E-state index contributed by atoms with van der Waals surface area (Å²) in [5, 5.41) is 11.9. The normalized spacial score (nSPS) is 31.3. The number of ether oxygens (including phenoxy) is 1. The quantitative estimate of drug-likeness (QED) is 0.826. The lowest BCUT2D eigenvalue weighted by Gasteiger charge is -2.56. The zero-order valence-corrected chi connectivity index (χ0v) is 14.9. The van der Waals surface area contributed by atoms with E-state index in [1.807, 2.05) is 6.07 Å². The van der Waals surface area contributed by atoms with E-state index < -0.39 is 5.97 Å². The largest absolute Gasteiger partial charge is 0.452 e. The molecule has 5 nitrogen and oxygen atoms in total. The van der Waals surface area contributed by atoms with E-state index >= 15 is 0 Å². The summed E-state index contributed by atoms with van der Waals surface area (Å²) in [6.45, 7) is 0.429. The molecule has 4 bridgehead atoms. The summed E-state index contributed by atoms with van der Waals surface area (Å²) in [6, 6.07) is 8.28. The van der Waals surface area contributed by atoms with Crippen LogP contribution in [-0.2, 0) is 9.53 Å². The molecule has 1 aromatic carbocycles. The van der Waals surface area contributed by atoms with Gasteiger partial charge in [-0.05, 0) is 79.9 Å². The molecule has 0 saturated heterocycles. The molecular formula is C21H24N2O3. The standard InChI is InChI=1S/C21H24N2O3/c22-11-14-2-1-3-18(7-14)20(25)26-12-19(24)23-13-21-8-15-4-16(9-21)6-17(5-15)10-21/h1-3,7,15-17H,4-6,8-10,12-13H2,(H,23,24). The van der Waals surface area contributed by atoms with Crippen LogP contribution in [0.1, 0.15) is 54.4 Å². The smallest absolute Gasteiger partial charge is 0.338 e. The number of amides is 1. The second-order valence-electron chi connectivity index (χ2n) is 8.46. The molecule has 1 aromatic rings.